The van der Waals surface area contributed by atoms with E-state index in [1.807, 2.05) is 6.08 Å². The highest BCUT2D eigenvalue weighted by Gasteiger charge is 2.33. The molecule has 0 aliphatic carbocycles. The number of unbranched alkanes of at least 4 members (excludes halogenated alkanes) is 3. The third-order valence-corrected chi connectivity index (χ3v) is 7.90. The molecule has 1 aromatic heterocycles. The van der Waals surface area contributed by atoms with Gasteiger partial charge in [-0.15, -0.1) is 0 Å². The van der Waals surface area contributed by atoms with Gasteiger partial charge in [-0.3, -0.25) is 19.1 Å². The molecule has 2 unspecified atom stereocenters. The van der Waals surface area contributed by atoms with E-state index < -0.39 is 0 Å². The van der Waals surface area contributed by atoms with E-state index in [1.54, 1.807) is 23.4 Å². The van der Waals surface area contributed by atoms with E-state index in [4.69, 9.17) is 12.2 Å². The van der Waals surface area contributed by atoms with E-state index in [0.29, 0.717) is 33.2 Å². The lowest BCUT2D eigenvalue weighted by atomic mass is 9.91. The molecule has 0 N–H and O–H groups in total. The number of nitrogens with zero attached hydrogens (tertiary/aromatic N) is 4. The van der Waals surface area contributed by atoms with Crippen LogP contribution in [0.3, 0.4) is 0 Å². The van der Waals surface area contributed by atoms with Gasteiger partial charge in [0.25, 0.3) is 11.5 Å². The van der Waals surface area contributed by atoms with Gasteiger partial charge >= 0.3 is 0 Å². The topological polar surface area (TPSA) is 69.3 Å². The van der Waals surface area contributed by atoms with Crippen LogP contribution in [0.5, 0.6) is 0 Å². The lowest BCUT2D eigenvalue weighted by molar-refractivity contribution is -0.122. The molecule has 2 aliphatic heterocycles. The van der Waals surface area contributed by atoms with Gasteiger partial charge < -0.3 is 4.90 Å². The second kappa shape index (κ2) is 10.9. The van der Waals surface area contributed by atoms with Crippen LogP contribution in [0, 0.1) is 30.1 Å². The number of anilines is 1. The van der Waals surface area contributed by atoms with E-state index in [1.165, 1.54) is 11.8 Å². The summed E-state index contributed by atoms with van der Waals surface area (Å²) in [5, 5.41) is 9.67. The fourth-order valence-corrected chi connectivity index (χ4v) is 6.24. The largest absolute Gasteiger partial charge is 0.357 e. The van der Waals surface area contributed by atoms with Crippen molar-refractivity contribution in [3.63, 3.8) is 0 Å². The molecule has 2 saturated heterocycles. The Morgan fingerprint density at radius 2 is 1.85 bits per heavy atom. The number of nitriles is 1. The fraction of sp³-hybridized carbons (Fsp3) is 0.600. The minimum atomic E-state index is -0.295. The predicted octanol–water partition coefficient (Wildman–Crippen LogP) is 4.83. The summed E-state index contributed by atoms with van der Waals surface area (Å²) in [6.45, 7) is 10.7. The molecule has 2 fully saturated rings. The Hall–Kier alpha value is -2.11. The number of aromatic nitrogens is 1. The van der Waals surface area contributed by atoms with Crippen LogP contribution in [-0.4, -0.2) is 39.3 Å². The summed E-state index contributed by atoms with van der Waals surface area (Å²) < 4.78 is 2.15. The minimum Gasteiger partial charge on any atom is -0.357 e. The molecule has 0 spiro atoms. The minimum absolute atomic E-state index is 0.0837. The molecule has 33 heavy (non-hydrogen) atoms. The van der Waals surface area contributed by atoms with Crippen molar-refractivity contribution in [2.24, 2.45) is 18.9 Å². The molecular formula is C25H34N4O2S2. The first kappa shape index (κ1) is 25.5. The van der Waals surface area contributed by atoms with Gasteiger partial charge in [0.1, 0.15) is 21.8 Å². The van der Waals surface area contributed by atoms with E-state index in [9.17, 15) is 14.9 Å². The summed E-state index contributed by atoms with van der Waals surface area (Å²) >= 11 is 6.82. The molecule has 0 saturated carbocycles. The van der Waals surface area contributed by atoms with Gasteiger partial charge in [0.15, 0.2) is 0 Å². The Morgan fingerprint density at radius 3 is 2.45 bits per heavy atom. The molecule has 0 aromatic carbocycles. The zero-order valence-electron chi connectivity index (χ0n) is 20.3. The van der Waals surface area contributed by atoms with Crippen LogP contribution in [-0.2, 0) is 11.8 Å². The first-order valence-corrected chi connectivity index (χ1v) is 13.1. The molecule has 3 heterocycles. The third-order valence-electron chi connectivity index (χ3n) is 6.52. The van der Waals surface area contributed by atoms with Crippen LogP contribution in [0.4, 0.5) is 5.82 Å². The molecule has 178 valence electrons. The summed E-state index contributed by atoms with van der Waals surface area (Å²) in [7, 11) is 1.72. The van der Waals surface area contributed by atoms with Crippen molar-refractivity contribution in [2.75, 3.05) is 24.5 Å². The second-order valence-corrected chi connectivity index (χ2v) is 11.1. The molecule has 2 aliphatic rings. The van der Waals surface area contributed by atoms with Crippen LogP contribution in [0.2, 0.25) is 0 Å². The van der Waals surface area contributed by atoms with Crippen molar-refractivity contribution >= 4 is 46.1 Å². The number of piperidine rings is 1. The zero-order valence-corrected chi connectivity index (χ0v) is 21.9. The van der Waals surface area contributed by atoms with Crippen LogP contribution < -0.4 is 10.5 Å². The SMILES string of the molecule is CCCCCCN1C(=O)C(=Cc2c(C)c(C#N)c(=O)n(C)c2N2CC(C)CC(C)C2)SC1=S. The Kier molecular flexibility index (Phi) is 8.41. The smallest absolute Gasteiger partial charge is 0.270 e. The molecule has 1 amide bonds. The number of carbonyl (C=O) groups is 1. The third kappa shape index (κ3) is 5.36. The fourth-order valence-electron chi connectivity index (χ4n) is 4.95. The lowest BCUT2D eigenvalue weighted by Crippen LogP contribution is -2.42. The van der Waals surface area contributed by atoms with Crippen molar-refractivity contribution in [2.45, 2.75) is 59.8 Å². The standard InChI is InChI=1S/C25H34N4O2S2/c1-6-7-8-9-10-29-24(31)21(33-25(29)32)12-19-18(4)20(13-26)23(30)27(5)22(19)28-14-16(2)11-17(3)15-28/h12,16-17H,6-11,14-15H2,1-5H3. The summed E-state index contributed by atoms with van der Waals surface area (Å²) in [5.74, 6) is 1.69. The highest BCUT2D eigenvalue weighted by Crippen LogP contribution is 2.37. The number of hydrogen-bond donors (Lipinski definition) is 0. The lowest BCUT2D eigenvalue weighted by Gasteiger charge is -2.38. The monoisotopic (exact) mass is 486 g/mol. The van der Waals surface area contributed by atoms with Crippen LogP contribution in [0.15, 0.2) is 9.70 Å². The molecule has 0 bridgehead atoms. The maximum Gasteiger partial charge on any atom is 0.270 e. The maximum atomic E-state index is 13.2. The summed E-state index contributed by atoms with van der Waals surface area (Å²) in [6, 6.07) is 2.08. The average Bonchev–Trinajstić information content (AvgIpc) is 3.02. The Balaban J connectivity index is 2.05. The number of rotatable bonds is 7. The van der Waals surface area contributed by atoms with Gasteiger partial charge in [0, 0.05) is 32.2 Å². The predicted molar refractivity (Wildman–Crippen MR) is 140 cm³/mol. The Bertz CT molecular complexity index is 1060. The summed E-state index contributed by atoms with van der Waals surface area (Å²) in [6.07, 6.45) is 7.29. The highest BCUT2D eigenvalue weighted by atomic mass is 32.2. The van der Waals surface area contributed by atoms with Gasteiger partial charge in [0.2, 0.25) is 0 Å². The van der Waals surface area contributed by atoms with Gasteiger partial charge in [-0.1, -0.05) is 64.0 Å². The molecule has 8 heteroatoms. The number of thiocarbonyl (C=S) groups is 1. The van der Waals surface area contributed by atoms with Crippen LogP contribution in [0.1, 0.15) is 69.6 Å². The highest BCUT2D eigenvalue weighted by molar-refractivity contribution is 8.26. The number of amides is 1. The van der Waals surface area contributed by atoms with Gasteiger partial charge in [0.05, 0.1) is 4.91 Å². The first-order chi connectivity index (χ1) is 15.7. The van der Waals surface area contributed by atoms with E-state index in [-0.39, 0.29) is 17.0 Å². The van der Waals surface area contributed by atoms with Crippen molar-refractivity contribution in [1.29, 1.82) is 5.26 Å². The number of carbonyl (C=O) groups excluding carboxylic acids is 1. The average molecular weight is 487 g/mol. The van der Waals surface area contributed by atoms with Gasteiger partial charge in [-0.05, 0) is 43.2 Å². The van der Waals surface area contributed by atoms with Crippen molar-refractivity contribution < 1.29 is 4.79 Å². The first-order valence-electron chi connectivity index (χ1n) is 11.8. The molecular weight excluding hydrogens is 452 g/mol. The van der Waals surface area contributed by atoms with Crippen molar-refractivity contribution in [1.82, 2.24) is 9.47 Å². The van der Waals surface area contributed by atoms with E-state index in [0.717, 1.165) is 56.6 Å². The second-order valence-electron chi connectivity index (χ2n) is 9.46. The molecule has 1 aromatic rings. The van der Waals surface area contributed by atoms with Gasteiger partial charge in [-0.2, -0.15) is 5.26 Å². The quantitative estimate of drug-likeness (QED) is 0.312. The summed E-state index contributed by atoms with van der Waals surface area (Å²) in [4.78, 5) is 30.7. The van der Waals surface area contributed by atoms with E-state index >= 15 is 0 Å². The zero-order chi connectivity index (χ0) is 24.3. The van der Waals surface area contributed by atoms with Crippen LogP contribution >= 0.6 is 24.0 Å². The Morgan fingerprint density at radius 1 is 1.18 bits per heavy atom. The van der Waals surface area contributed by atoms with Crippen molar-refractivity contribution in [3.8, 4) is 6.07 Å². The number of thioether (sulfide) groups is 1. The number of hydrogen-bond acceptors (Lipinski definition) is 6. The van der Waals surface area contributed by atoms with E-state index in [2.05, 4.69) is 31.7 Å². The van der Waals surface area contributed by atoms with Gasteiger partial charge in [-0.25, -0.2) is 0 Å². The molecule has 3 rings (SSSR count). The Labute approximate surface area is 206 Å². The van der Waals surface area contributed by atoms with Crippen LogP contribution in [0.25, 0.3) is 6.08 Å². The normalized spacial score (nSPS) is 22.4. The van der Waals surface area contributed by atoms with Crippen molar-refractivity contribution in [3.05, 3.63) is 31.9 Å². The molecule has 2 atom stereocenters. The molecule has 6 nitrogen and oxygen atoms in total. The molecule has 0 radical (unpaired) electrons. The summed E-state index contributed by atoms with van der Waals surface area (Å²) in [5.41, 5.74) is 1.22. The number of pyridine rings is 1. The maximum absolute atomic E-state index is 13.2.